The Kier molecular flexibility index (Phi) is 4.12. The first-order valence-corrected chi connectivity index (χ1v) is 7.55. The molecule has 1 amide bonds. The Morgan fingerprint density at radius 1 is 1.04 bits per heavy atom. The van der Waals surface area contributed by atoms with Crippen LogP contribution in [0.25, 0.3) is 6.08 Å². The maximum Gasteiger partial charge on any atom is 0.276 e. The van der Waals surface area contributed by atoms with Crippen molar-refractivity contribution < 1.29 is 9.53 Å². The summed E-state index contributed by atoms with van der Waals surface area (Å²) in [6, 6.07) is 17.2. The average molecular weight is 324 g/mol. The highest BCUT2D eigenvalue weighted by Gasteiger charge is 2.36. The third-order valence-electron chi connectivity index (χ3n) is 3.68. The minimum Gasteiger partial charge on any atom is -0.497 e. The number of ether oxygens (including phenoxy) is 1. The fourth-order valence-corrected chi connectivity index (χ4v) is 2.71. The van der Waals surface area contributed by atoms with Crippen LogP contribution in [-0.2, 0) is 4.79 Å². The normalized spacial score (nSPS) is 16.3. The molecule has 0 aliphatic carbocycles. The highest BCUT2D eigenvalue weighted by atomic mass is 32.1. The number of thiocarbonyl (C=S) groups is 1. The zero-order valence-corrected chi connectivity index (χ0v) is 13.7. The van der Waals surface area contributed by atoms with Crippen molar-refractivity contribution in [3.63, 3.8) is 0 Å². The van der Waals surface area contributed by atoms with Gasteiger partial charge in [0.15, 0.2) is 5.11 Å². The summed E-state index contributed by atoms with van der Waals surface area (Å²) in [6.07, 6.45) is 1.85. The standard InChI is InChI=1S/C18H16N2O2S/c1-19-17(21)16(12-13-6-4-3-5-7-13)20(18(19)23)14-8-10-15(22-2)11-9-14/h3-12H,1-2H3/b16-12+. The van der Waals surface area contributed by atoms with Gasteiger partial charge in [-0.2, -0.15) is 0 Å². The van der Waals surface area contributed by atoms with Gasteiger partial charge in [-0.05, 0) is 48.1 Å². The lowest BCUT2D eigenvalue weighted by atomic mass is 10.1. The lowest BCUT2D eigenvalue weighted by Crippen LogP contribution is -2.29. The molecule has 116 valence electrons. The molecule has 1 aliphatic heterocycles. The molecule has 1 aliphatic rings. The summed E-state index contributed by atoms with van der Waals surface area (Å²) in [4.78, 5) is 15.8. The maximum absolute atomic E-state index is 12.5. The quantitative estimate of drug-likeness (QED) is 0.641. The summed E-state index contributed by atoms with van der Waals surface area (Å²) in [5.74, 6) is 0.641. The second-order valence-corrected chi connectivity index (χ2v) is 5.49. The number of anilines is 1. The molecule has 1 fully saturated rings. The molecule has 0 radical (unpaired) electrons. The Hall–Kier alpha value is -2.66. The summed E-state index contributed by atoms with van der Waals surface area (Å²) < 4.78 is 5.18. The van der Waals surface area contributed by atoms with Crippen LogP contribution in [0.5, 0.6) is 5.75 Å². The summed E-state index contributed by atoms with van der Waals surface area (Å²) >= 11 is 5.44. The molecule has 0 aromatic heterocycles. The SMILES string of the molecule is COc1ccc(N2C(=S)N(C)C(=O)/C2=C\c2ccccc2)cc1. The zero-order valence-electron chi connectivity index (χ0n) is 12.9. The molecule has 0 N–H and O–H groups in total. The van der Waals surface area contributed by atoms with Crippen molar-refractivity contribution in [3.05, 3.63) is 65.9 Å². The predicted octanol–water partition coefficient (Wildman–Crippen LogP) is 3.30. The number of carbonyl (C=O) groups excluding carboxylic acids is 1. The Balaban J connectivity index is 2.05. The van der Waals surface area contributed by atoms with E-state index in [4.69, 9.17) is 17.0 Å². The molecule has 0 atom stereocenters. The fraction of sp³-hybridized carbons (Fsp3) is 0.111. The first-order chi connectivity index (χ1) is 11.1. The number of rotatable bonds is 3. The molecule has 4 nitrogen and oxygen atoms in total. The van der Waals surface area contributed by atoms with Gasteiger partial charge >= 0.3 is 0 Å². The van der Waals surface area contributed by atoms with E-state index in [1.165, 1.54) is 4.90 Å². The lowest BCUT2D eigenvalue weighted by Gasteiger charge is -2.19. The lowest BCUT2D eigenvalue weighted by molar-refractivity contribution is -0.121. The smallest absolute Gasteiger partial charge is 0.276 e. The van der Waals surface area contributed by atoms with Crippen LogP contribution >= 0.6 is 12.2 Å². The Morgan fingerprint density at radius 3 is 2.30 bits per heavy atom. The van der Waals surface area contributed by atoms with Crippen LogP contribution < -0.4 is 9.64 Å². The minimum atomic E-state index is -0.116. The second kappa shape index (κ2) is 6.22. The first kappa shape index (κ1) is 15.2. The number of likely N-dealkylation sites (N-methyl/N-ethyl adjacent to an activating group) is 1. The molecule has 23 heavy (non-hydrogen) atoms. The average Bonchev–Trinajstić information content (AvgIpc) is 2.80. The van der Waals surface area contributed by atoms with Gasteiger partial charge in [-0.3, -0.25) is 14.6 Å². The molecule has 1 saturated heterocycles. The van der Waals surface area contributed by atoms with Crippen molar-refractivity contribution in [2.45, 2.75) is 0 Å². The molecule has 3 rings (SSSR count). The monoisotopic (exact) mass is 324 g/mol. The van der Waals surface area contributed by atoms with Crippen LogP contribution in [0.15, 0.2) is 60.3 Å². The van der Waals surface area contributed by atoms with Gasteiger partial charge in [-0.1, -0.05) is 30.3 Å². The Morgan fingerprint density at radius 2 is 1.70 bits per heavy atom. The molecule has 5 heteroatoms. The van der Waals surface area contributed by atoms with Gasteiger partial charge in [0, 0.05) is 12.7 Å². The van der Waals surface area contributed by atoms with E-state index < -0.39 is 0 Å². The van der Waals surface area contributed by atoms with Gasteiger partial charge in [0.1, 0.15) is 11.4 Å². The van der Waals surface area contributed by atoms with Crippen molar-refractivity contribution in [1.29, 1.82) is 0 Å². The van der Waals surface area contributed by atoms with Crippen LogP contribution in [0.3, 0.4) is 0 Å². The van der Waals surface area contributed by atoms with Gasteiger partial charge < -0.3 is 4.74 Å². The Labute approximate surface area is 140 Å². The van der Waals surface area contributed by atoms with E-state index in [-0.39, 0.29) is 5.91 Å². The molecule has 1 heterocycles. The maximum atomic E-state index is 12.5. The molecule has 0 unspecified atom stereocenters. The van der Waals surface area contributed by atoms with Crippen LogP contribution in [0.1, 0.15) is 5.56 Å². The number of hydrogen-bond acceptors (Lipinski definition) is 3. The zero-order chi connectivity index (χ0) is 16.4. The van der Waals surface area contributed by atoms with E-state index in [2.05, 4.69) is 0 Å². The van der Waals surface area contributed by atoms with Crippen LogP contribution in [-0.4, -0.2) is 30.1 Å². The number of methoxy groups -OCH3 is 1. The number of nitrogens with zero attached hydrogens (tertiary/aromatic N) is 2. The minimum absolute atomic E-state index is 0.116. The molecular weight excluding hydrogens is 308 g/mol. The van der Waals surface area contributed by atoms with Crippen molar-refractivity contribution >= 4 is 35.0 Å². The third kappa shape index (κ3) is 2.83. The van der Waals surface area contributed by atoms with E-state index in [0.717, 1.165) is 17.0 Å². The van der Waals surface area contributed by atoms with E-state index in [9.17, 15) is 4.79 Å². The van der Waals surface area contributed by atoms with E-state index in [0.29, 0.717) is 10.8 Å². The van der Waals surface area contributed by atoms with Crippen molar-refractivity contribution in [2.24, 2.45) is 0 Å². The molecule has 0 saturated carbocycles. The molecule has 0 bridgehead atoms. The molecule has 0 spiro atoms. The molecule has 2 aromatic rings. The number of hydrogen-bond donors (Lipinski definition) is 0. The summed E-state index contributed by atoms with van der Waals surface area (Å²) in [7, 11) is 3.31. The van der Waals surface area contributed by atoms with Crippen molar-refractivity contribution in [2.75, 3.05) is 19.1 Å². The van der Waals surface area contributed by atoms with E-state index in [1.807, 2.05) is 60.7 Å². The second-order valence-electron chi connectivity index (χ2n) is 5.12. The largest absolute Gasteiger partial charge is 0.497 e. The summed E-state index contributed by atoms with van der Waals surface area (Å²) in [6.45, 7) is 0. The van der Waals surface area contributed by atoms with Crippen molar-refractivity contribution in [3.8, 4) is 5.75 Å². The first-order valence-electron chi connectivity index (χ1n) is 7.15. The van der Waals surface area contributed by atoms with Crippen LogP contribution in [0.2, 0.25) is 0 Å². The van der Waals surface area contributed by atoms with Gasteiger partial charge in [-0.25, -0.2) is 0 Å². The number of carbonyl (C=O) groups is 1. The topological polar surface area (TPSA) is 32.8 Å². The van der Waals surface area contributed by atoms with Crippen molar-refractivity contribution in [1.82, 2.24) is 4.90 Å². The van der Waals surface area contributed by atoms with Crippen LogP contribution in [0.4, 0.5) is 5.69 Å². The summed E-state index contributed by atoms with van der Waals surface area (Å²) in [5, 5.41) is 0.461. The van der Waals surface area contributed by atoms with Crippen LogP contribution in [0, 0.1) is 0 Å². The van der Waals surface area contributed by atoms with E-state index >= 15 is 0 Å². The van der Waals surface area contributed by atoms with Gasteiger partial charge in [0.05, 0.1) is 7.11 Å². The van der Waals surface area contributed by atoms with Gasteiger partial charge in [0.2, 0.25) is 0 Å². The predicted molar refractivity (Wildman–Crippen MR) is 95.3 cm³/mol. The number of benzene rings is 2. The number of amides is 1. The highest BCUT2D eigenvalue weighted by Crippen LogP contribution is 2.30. The summed E-state index contributed by atoms with van der Waals surface area (Å²) in [5.41, 5.74) is 2.32. The van der Waals surface area contributed by atoms with Gasteiger partial charge in [0.25, 0.3) is 5.91 Å². The Bertz CT molecular complexity index is 769. The highest BCUT2D eigenvalue weighted by molar-refractivity contribution is 7.80. The van der Waals surface area contributed by atoms with E-state index in [1.54, 1.807) is 19.1 Å². The van der Waals surface area contributed by atoms with Gasteiger partial charge in [-0.15, -0.1) is 0 Å². The molecular formula is C18H16N2O2S. The molecule has 2 aromatic carbocycles. The fourth-order valence-electron chi connectivity index (χ4n) is 2.42. The third-order valence-corrected chi connectivity index (χ3v) is 4.13.